The third-order valence-corrected chi connectivity index (χ3v) is 4.54. The molecule has 18 heavy (non-hydrogen) atoms. The topological polar surface area (TPSA) is 37.3 Å². The fraction of sp³-hybridized carbons (Fsp3) is 0.267. The minimum Gasteiger partial charge on any atom is -0.391 e. The van der Waals surface area contributed by atoms with Crippen LogP contribution in [-0.4, -0.2) is 35.3 Å². The molecule has 94 valence electrons. The van der Waals surface area contributed by atoms with Crippen LogP contribution in [0.15, 0.2) is 42.5 Å². The van der Waals surface area contributed by atoms with Crippen molar-refractivity contribution in [1.29, 1.82) is 0 Å². The lowest BCUT2D eigenvalue weighted by Crippen LogP contribution is -2.20. The first-order chi connectivity index (χ1) is 8.72. The SMILES string of the molecule is C[S+](CCO)CC(=O)c1cccc2ccccc12. The van der Waals surface area contributed by atoms with Crippen molar-refractivity contribution in [2.75, 3.05) is 24.4 Å². The molecule has 0 spiro atoms. The highest BCUT2D eigenvalue weighted by Crippen LogP contribution is 2.19. The molecular formula is C15H17O2S+. The second kappa shape index (κ2) is 6.03. The van der Waals surface area contributed by atoms with Gasteiger partial charge in [-0.3, -0.25) is 4.79 Å². The van der Waals surface area contributed by atoms with Crippen molar-refractivity contribution in [1.82, 2.24) is 0 Å². The Bertz CT molecular complexity index is 546. The fourth-order valence-electron chi connectivity index (χ4n) is 2.00. The summed E-state index contributed by atoms with van der Waals surface area (Å²) in [5.41, 5.74) is 0.797. The van der Waals surface area contributed by atoms with Gasteiger partial charge in [0.1, 0.15) is 5.75 Å². The Labute approximate surface area is 110 Å². The molecule has 0 amide bonds. The molecule has 0 radical (unpaired) electrons. The van der Waals surface area contributed by atoms with Crippen LogP contribution in [0.5, 0.6) is 0 Å². The Morgan fingerprint density at radius 2 is 1.89 bits per heavy atom. The molecule has 0 aliphatic rings. The number of Topliss-reactive ketones (excluding diaryl/α,β-unsaturated/α-hetero) is 1. The van der Waals surface area contributed by atoms with Crippen molar-refractivity contribution >= 4 is 27.5 Å². The van der Waals surface area contributed by atoms with E-state index in [9.17, 15) is 4.79 Å². The zero-order valence-electron chi connectivity index (χ0n) is 10.4. The molecule has 2 aromatic carbocycles. The average molecular weight is 261 g/mol. The predicted molar refractivity (Wildman–Crippen MR) is 78.4 cm³/mol. The second-order valence-corrected chi connectivity index (χ2v) is 6.56. The minimum atomic E-state index is -0.0431. The van der Waals surface area contributed by atoms with Crippen LogP contribution >= 0.6 is 0 Å². The maximum absolute atomic E-state index is 12.3. The van der Waals surface area contributed by atoms with Gasteiger partial charge in [-0.25, -0.2) is 0 Å². The van der Waals surface area contributed by atoms with Crippen LogP contribution in [0.4, 0.5) is 0 Å². The van der Waals surface area contributed by atoms with Gasteiger partial charge in [0.25, 0.3) is 0 Å². The highest BCUT2D eigenvalue weighted by molar-refractivity contribution is 7.96. The molecule has 2 aromatic rings. The molecule has 1 unspecified atom stereocenters. The third kappa shape index (κ3) is 2.92. The van der Waals surface area contributed by atoms with Gasteiger partial charge in [0.15, 0.2) is 5.75 Å². The Balaban J connectivity index is 2.28. The van der Waals surface area contributed by atoms with Gasteiger partial charge < -0.3 is 5.11 Å². The highest BCUT2D eigenvalue weighted by atomic mass is 32.2. The molecule has 0 heterocycles. The number of fused-ring (bicyclic) bond motifs is 1. The maximum atomic E-state index is 12.3. The van der Waals surface area contributed by atoms with Crippen molar-refractivity contribution in [3.63, 3.8) is 0 Å². The van der Waals surface area contributed by atoms with Crippen molar-refractivity contribution in [3.05, 3.63) is 48.0 Å². The summed E-state index contributed by atoms with van der Waals surface area (Å²) in [6.07, 6.45) is 2.03. The van der Waals surface area contributed by atoms with Gasteiger partial charge in [0.05, 0.1) is 12.9 Å². The highest BCUT2D eigenvalue weighted by Gasteiger charge is 2.19. The first-order valence-corrected chi connectivity index (χ1v) is 7.90. The maximum Gasteiger partial charge on any atom is 0.212 e. The monoisotopic (exact) mass is 261 g/mol. The van der Waals surface area contributed by atoms with Gasteiger partial charge >= 0.3 is 0 Å². The Morgan fingerprint density at radius 3 is 2.67 bits per heavy atom. The number of aliphatic hydroxyl groups is 1. The normalized spacial score (nSPS) is 12.6. The summed E-state index contributed by atoms with van der Waals surface area (Å²) in [5, 5.41) is 11.0. The van der Waals surface area contributed by atoms with E-state index in [1.807, 2.05) is 48.7 Å². The van der Waals surface area contributed by atoms with Gasteiger partial charge in [-0.05, 0) is 21.7 Å². The van der Waals surface area contributed by atoms with Gasteiger partial charge in [0, 0.05) is 5.56 Å². The molecule has 0 aromatic heterocycles. The van der Waals surface area contributed by atoms with E-state index in [0.29, 0.717) is 11.5 Å². The molecular weight excluding hydrogens is 244 g/mol. The smallest absolute Gasteiger partial charge is 0.212 e. The summed E-state index contributed by atoms with van der Waals surface area (Å²) in [7, 11) is -0.0431. The molecule has 0 aliphatic heterocycles. The Kier molecular flexibility index (Phi) is 4.39. The standard InChI is InChI=1S/C15H17O2S/c1-18(10-9-16)11-15(17)14-8-4-6-12-5-2-3-7-13(12)14/h2-8,16H,9-11H2,1H3/q+1. The average Bonchev–Trinajstić information content (AvgIpc) is 2.38. The van der Waals surface area contributed by atoms with E-state index in [1.165, 1.54) is 0 Å². The van der Waals surface area contributed by atoms with Crippen LogP contribution in [0.2, 0.25) is 0 Å². The van der Waals surface area contributed by atoms with Gasteiger partial charge in [0.2, 0.25) is 5.78 Å². The zero-order valence-corrected chi connectivity index (χ0v) is 11.2. The first kappa shape index (κ1) is 13.1. The lowest BCUT2D eigenvalue weighted by Gasteiger charge is -2.05. The van der Waals surface area contributed by atoms with E-state index >= 15 is 0 Å². The van der Waals surface area contributed by atoms with Crippen LogP contribution in [0.25, 0.3) is 10.8 Å². The second-order valence-electron chi connectivity index (χ2n) is 4.30. The van der Waals surface area contributed by atoms with E-state index < -0.39 is 0 Å². The van der Waals surface area contributed by atoms with Crippen molar-refractivity contribution in [3.8, 4) is 0 Å². The number of carbonyl (C=O) groups is 1. The number of rotatable bonds is 5. The molecule has 0 fully saturated rings. The summed E-state index contributed by atoms with van der Waals surface area (Å²) < 4.78 is 0. The van der Waals surface area contributed by atoms with Crippen molar-refractivity contribution in [2.45, 2.75) is 0 Å². The zero-order chi connectivity index (χ0) is 13.0. The number of aliphatic hydroxyl groups excluding tert-OH is 1. The fourth-order valence-corrected chi connectivity index (χ4v) is 3.06. The molecule has 2 rings (SSSR count). The first-order valence-electron chi connectivity index (χ1n) is 5.93. The van der Waals surface area contributed by atoms with E-state index in [0.717, 1.165) is 16.3 Å². The number of hydrogen-bond donors (Lipinski definition) is 1. The summed E-state index contributed by atoms with van der Waals surface area (Å²) in [6, 6.07) is 13.8. The molecule has 0 saturated carbocycles. The molecule has 0 saturated heterocycles. The van der Waals surface area contributed by atoms with Gasteiger partial charge in [-0.1, -0.05) is 42.5 Å². The quantitative estimate of drug-likeness (QED) is 0.662. The third-order valence-electron chi connectivity index (χ3n) is 2.91. The largest absolute Gasteiger partial charge is 0.391 e. The predicted octanol–water partition coefficient (Wildman–Crippen LogP) is 2.26. The molecule has 1 N–H and O–H groups in total. The number of hydrogen-bond acceptors (Lipinski definition) is 2. The van der Waals surface area contributed by atoms with Gasteiger partial charge in [-0.2, -0.15) is 0 Å². The van der Waals surface area contributed by atoms with Crippen LogP contribution in [0.1, 0.15) is 10.4 Å². The minimum absolute atomic E-state index is 0.0431. The molecule has 3 heteroatoms. The van der Waals surface area contributed by atoms with Crippen LogP contribution in [0.3, 0.4) is 0 Å². The van der Waals surface area contributed by atoms with Crippen LogP contribution in [-0.2, 0) is 10.9 Å². The summed E-state index contributed by atoms with van der Waals surface area (Å²) in [6.45, 7) is 0.155. The van der Waals surface area contributed by atoms with Gasteiger partial charge in [-0.15, -0.1) is 0 Å². The number of carbonyl (C=O) groups excluding carboxylic acids is 1. The Hall–Kier alpha value is -1.32. The van der Waals surface area contributed by atoms with E-state index in [-0.39, 0.29) is 23.3 Å². The van der Waals surface area contributed by atoms with Crippen molar-refractivity contribution < 1.29 is 9.90 Å². The Morgan fingerprint density at radius 1 is 1.17 bits per heavy atom. The van der Waals surface area contributed by atoms with E-state index in [2.05, 4.69) is 0 Å². The lowest BCUT2D eigenvalue weighted by molar-refractivity contribution is 0.102. The summed E-state index contributed by atoms with van der Waals surface area (Å²) >= 11 is 0. The number of benzene rings is 2. The van der Waals surface area contributed by atoms with Crippen LogP contribution in [0, 0.1) is 0 Å². The lowest BCUT2D eigenvalue weighted by atomic mass is 10.0. The molecule has 0 aliphatic carbocycles. The van der Waals surface area contributed by atoms with Crippen molar-refractivity contribution in [2.24, 2.45) is 0 Å². The molecule has 1 atom stereocenters. The number of ketones is 1. The molecule has 0 bridgehead atoms. The summed E-state index contributed by atoms with van der Waals surface area (Å²) in [5.74, 6) is 1.40. The van der Waals surface area contributed by atoms with Crippen LogP contribution < -0.4 is 0 Å². The van der Waals surface area contributed by atoms with E-state index in [4.69, 9.17) is 5.11 Å². The summed E-state index contributed by atoms with van der Waals surface area (Å²) in [4.78, 5) is 12.3. The van der Waals surface area contributed by atoms with E-state index in [1.54, 1.807) is 0 Å². The molecule has 2 nitrogen and oxygen atoms in total.